The van der Waals surface area contributed by atoms with Crippen LogP contribution in [0.25, 0.3) is 0 Å². The van der Waals surface area contributed by atoms with Crippen molar-refractivity contribution < 1.29 is 9.90 Å². The van der Waals surface area contributed by atoms with Crippen molar-refractivity contribution in [2.45, 2.75) is 4.90 Å². The molecule has 2 N–H and O–H groups in total. The van der Waals surface area contributed by atoms with E-state index in [1.54, 1.807) is 0 Å². The SMILES string of the molecule is N=C1C(=O)Sc2c1sc(O)c2I. The average molecular weight is 311 g/mol. The summed E-state index contributed by atoms with van der Waals surface area (Å²) in [5.41, 5.74) is 0.0122. The number of thiophene rings is 1. The van der Waals surface area contributed by atoms with Gasteiger partial charge in [0.25, 0.3) is 0 Å². The minimum Gasteiger partial charge on any atom is -0.499 e. The van der Waals surface area contributed by atoms with E-state index in [9.17, 15) is 9.90 Å². The fraction of sp³-hybridized carbons (Fsp3) is 0. The van der Waals surface area contributed by atoms with Gasteiger partial charge in [-0.2, -0.15) is 0 Å². The molecule has 2 heterocycles. The highest BCUT2D eigenvalue weighted by Crippen LogP contribution is 2.46. The standard InChI is InChI=1S/C6H2INO2S2/c7-1-3-4(12-5(1)9)2(8)6(10)11-3/h8-9H. The van der Waals surface area contributed by atoms with Crippen LogP contribution in [-0.2, 0) is 4.79 Å². The molecule has 0 atom stereocenters. The van der Waals surface area contributed by atoms with Crippen molar-refractivity contribution in [3.8, 4) is 5.06 Å². The van der Waals surface area contributed by atoms with Gasteiger partial charge in [0.15, 0.2) is 5.06 Å². The molecule has 0 saturated heterocycles. The molecule has 6 heteroatoms. The Balaban J connectivity index is 2.67. The van der Waals surface area contributed by atoms with Crippen molar-refractivity contribution in [3.05, 3.63) is 8.45 Å². The second kappa shape index (κ2) is 2.71. The molecule has 0 saturated carbocycles. The largest absolute Gasteiger partial charge is 0.499 e. The van der Waals surface area contributed by atoms with Crippen LogP contribution in [0.2, 0.25) is 0 Å². The molecular formula is C6H2INO2S2. The van der Waals surface area contributed by atoms with Crippen molar-refractivity contribution in [1.82, 2.24) is 0 Å². The number of hydrogen-bond donors (Lipinski definition) is 2. The summed E-state index contributed by atoms with van der Waals surface area (Å²) < 4.78 is 0.688. The maximum absolute atomic E-state index is 11.0. The molecule has 2 rings (SSSR count). The normalized spacial score (nSPS) is 15.4. The monoisotopic (exact) mass is 311 g/mol. The number of fused-ring (bicyclic) bond motifs is 1. The summed E-state index contributed by atoms with van der Waals surface area (Å²) in [5.74, 6) is 0. The van der Waals surface area contributed by atoms with E-state index in [0.29, 0.717) is 8.45 Å². The average Bonchev–Trinajstić information content (AvgIpc) is 2.43. The Kier molecular flexibility index (Phi) is 1.92. The molecule has 1 aromatic rings. The number of carbonyl (C=O) groups excluding carboxylic acids is 1. The third kappa shape index (κ3) is 1.01. The number of halogens is 1. The molecule has 0 aromatic carbocycles. The summed E-state index contributed by atoms with van der Waals surface area (Å²) in [7, 11) is 0. The van der Waals surface area contributed by atoms with E-state index < -0.39 is 0 Å². The summed E-state index contributed by atoms with van der Waals surface area (Å²) in [6, 6.07) is 0. The zero-order valence-corrected chi connectivity index (χ0v) is 9.34. The Labute approximate surface area is 89.8 Å². The summed E-state index contributed by atoms with van der Waals surface area (Å²) in [6.07, 6.45) is 0. The summed E-state index contributed by atoms with van der Waals surface area (Å²) >= 11 is 4.10. The van der Waals surface area contributed by atoms with Crippen LogP contribution in [0.4, 0.5) is 0 Å². The minimum atomic E-state index is -0.228. The third-order valence-electron chi connectivity index (χ3n) is 1.42. The van der Waals surface area contributed by atoms with E-state index in [-0.39, 0.29) is 15.9 Å². The highest BCUT2D eigenvalue weighted by atomic mass is 127. The highest BCUT2D eigenvalue weighted by Gasteiger charge is 2.32. The first-order valence-corrected chi connectivity index (χ1v) is 5.64. The van der Waals surface area contributed by atoms with E-state index in [2.05, 4.69) is 0 Å². The van der Waals surface area contributed by atoms with Gasteiger partial charge in [0.1, 0.15) is 5.71 Å². The number of aromatic hydroxyl groups is 1. The Morgan fingerprint density at radius 3 is 2.75 bits per heavy atom. The van der Waals surface area contributed by atoms with Gasteiger partial charge in [-0.05, 0) is 34.4 Å². The lowest BCUT2D eigenvalue weighted by atomic mass is 10.3. The van der Waals surface area contributed by atoms with Crippen LogP contribution >= 0.6 is 45.7 Å². The first-order chi connectivity index (χ1) is 5.61. The quantitative estimate of drug-likeness (QED) is 0.721. The van der Waals surface area contributed by atoms with Crippen molar-refractivity contribution in [3.63, 3.8) is 0 Å². The van der Waals surface area contributed by atoms with Crippen LogP contribution in [-0.4, -0.2) is 15.9 Å². The molecule has 1 aromatic heterocycles. The van der Waals surface area contributed by atoms with E-state index in [4.69, 9.17) is 5.41 Å². The van der Waals surface area contributed by atoms with Gasteiger partial charge in [-0.1, -0.05) is 11.3 Å². The topological polar surface area (TPSA) is 61.2 Å². The van der Waals surface area contributed by atoms with Gasteiger partial charge in [-0.25, -0.2) is 0 Å². The predicted molar refractivity (Wildman–Crippen MR) is 56.4 cm³/mol. The maximum Gasteiger partial charge on any atom is 0.243 e. The molecule has 0 spiro atoms. The number of hydrogen-bond acceptors (Lipinski definition) is 5. The first kappa shape index (κ1) is 8.52. The molecule has 3 nitrogen and oxygen atoms in total. The molecule has 0 aliphatic carbocycles. The van der Waals surface area contributed by atoms with Crippen molar-refractivity contribution in [1.29, 1.82) is 5.41 Å². The Morgan fingerprint density at radius 2 is 2.17 bits per heavy atom. The third-order valence-corrected chi connectivity index (χ3v) is 5.34. The van der Waals surface area contributed by atoms with Crippen LogP contribution in [0, 0.1) is 8.98 Å². The maximum atomic E-state index is 11.0. The van der Waals surface area contributed by atoms with Crippen molar-refractivity contribution in [2.75, 3.05) is 0 Å². The predicted octanol–water partition coefficient (Wildman–Crippen LogP) is 2.06. The van der Waals surface area contributed by atoms with E-state index >= 15 is 0 Å². The molecule has 0 unspecified atom stereocenters. The molecule has 12 heavy (non-hydrogen) atoms. The lowest BCUT2D eigenvalue weighted by molar-refractivity contribution is -0.105. The Hall–Kier alpha value is -0.0800. The van der Waals surface area contributed by atoms with Crippen LogP contribution in [0.1, 0.15) is 4.88 Å². The minimum absolute atomic E-state index is 0.0122. The van der Waals surface area contributed by atoms with Gasteiger partial charge in [0.2, 0.25) is 5.12 Å². The first-order valence-electron chi connectivity index (χ1n) is 2.93. The molecule has 0 bridgehead atoms. The molecule has 0 amide bonds. The zero-order valence-electron chi connectivity index (χ0n) is 5.55. The summed E-state index contributed by atoms with van der Waals surface area (Å²) in [5, 5.41) is 16.6. The van der Waals surface area contributed by atoms with Gasteiger partial charge in [-0.3, -0.25) is 10.2 Å². The van der Waals surface area contributed by atoms with Gasteiger partial charge in [-0.15, -0.1) is 0 Å². The van der Waals surface area contributed by atoms with Crippen LogP contribution in [0.5, 0.6) is 5.06 Å². The van der Waals surface area contributed by atoms with Gasteiger partial charge in [0.05, 0.1) is 13.3 Å². The molecule has 62 valence electrons. The lowest BCUT2D eigenvalue weighted by Crippen LogP contribution is -2.00. The van der Waals surface area contributed by atoms with E-state index in [1.807, 2.05) is 22.6 Å². The number of carbonyl (C=O) groups is 1. The summed E-state index contributed by atoms with van der Waals surface area (Å²) in [4.78, 5) is 12.4. The molecule has 0 fully saturated rings. The fourth-order valence-electron chi connectivity index (χ4n) is 0.877. The Bertz CT molecular complexity index is 398. The highest BCUT2D eigenvalue weighted by molar-refractivity contribution is 14.1. The molecule has 0 radical (unpaired) electrons. The van der Waals surface area contributed by atoms with Crippen molar-refractivity contribution >= 4 is 56.5 Å². The van der Waals surface area contributed by atoms with Crippen LogP contribution < -0.4 is 0 Å². The number of thioether (sulfide) groups is 1. The Morgan fingerprint density at radius 1 is 1.50 bits per heavy atom. The lowest BCUT2D eigenvalue weighted by Gasteiger charge is -1.87. The van der Waals surface area contributed by atoms with E-state index in [1.165, 1.54) is 0 Å². The van der Waals surface area contributed by atoms with Gasteiger partial charge < -0.3 is 5.11 Å². The molecular weight excluding hydrogens is 309 g/mol. The second-order valence-corrected chi connectivity index (χ2v) is 5.20. The second-order valence-electron chi connectivity index (χ2n) is 2.14. The fourth-order valence-corrected chi connectivity index (χ4v) is 3.91. The van der Waals surface area contributed by atoms with Crippen LogP contribution in [0.3, 0.4) is 0 Å². The zero-order chi connectivity index (χ0) is 8.88. The summed E-state index contributed by atoms with van der Waals surface area (Å²) in [6.45, 7) is 0. The van der Waals surface area contributed by atoms with Crippen molar-refractivity contribution in [2.24, 2.45) is 0 Å². The van der Waals surface area contributed by atoms with E-state index in [0.717, 1.165) is 28.0 Å². The van der Waals surface area contributed by atoms with Crippen LogP contribution in [0.15, 0.2) is 4.90 Å². The smallest absolute Gasteiger partial charge is 0.243 e. The molecule has 1 aliphatic heterocycles. The number of nitrogens with one attached hydrogen (secondary N) is 1. The molecule has 1 aliphatic rings. The number of rotatable bonds is 0. The van der Waals surface area contributed by atoms with Gasteiger partial charge >= 0.3 is 0 Å². The van der Waals surface area contributed by atoms with Gasteiger partial charge in [0, 0.05) is 0 Å².